The Labute approximate surface area is 89.6 Å². The summed E-state index contributed by atoms with van der Waals surface area (Å²) in [6.07, 6.45) is 3.71. The highest BCUT2D eigenvalue weighted by Gasteiger charge is 2.13. The van der Waals surface area contributed by atoms with Crippen LogP contribution in [0.2, 0.25) is 0 Å². The van der Waals surface area contributed by atoms with E-state index in [-0.39, 0.29) is 5.16 Å². The van der Waals surface area contributed by atoms with Gasteiger partial charge in [0.15, 0.2) is 5.16 Å². The Bertz CT molecular complexity index is 210. The van der Waals surface area contributed by atoms with Crippen molar-refractivity contribution in [3.63, 3.8) is 0 Å². The van der Waals surface area contributed by atoms with Crippen molar-refractivity contribution in [1.82, 2.24) is 0 Å². The van der Waals surface area contributed by atoms with Crippen molar-refractivity contribution in [3.8, 4) is 0 Å². The predicted molar refractivity (Wildman–Crippen MR) is 58.0 cm³/mol. The van der Waals surface area contributed by atoms with E-state index in [1.165, 1.54) is 0 Å². The average Bonchev–Trinajstić information content (AvgIpc) is 2.04. The van der Waals surface area contributed by atoms with E-state index in [1.54, 1.807) is 6.08 Å². The van der Waals surface area contributed by atoms with Crippen LogP contribution in [0.3, 0.4) is 0 Å². The molecule has 0 aliphatic heterocycles. The zero-order valence-corrected chi connectivity index (χ0v) is 9.62. The van der Waals surface area contributed by atoms with Gasteiger partial charge in [-0.3, -0.25) is 0 Å². The lowest BCUT2D eigenvalue weighted by Crippen LogP contribution is -2.46. The molecule has 0 radical (unpaired) electrons. The first kappa shape index (κ1) is 12.8. The fourth-order valence-corrected chi connectivity index (χ4v) is 1.62. The molecular formula is C9H17Cl2N2+. The lowest BCUT2D eigenvalue weighted by Gasteiger charge is -2.12. The Hall–Kier alpha value is -0.180. The summed E-state index contributed by atoms with van der Waals surface area (Å²) < 4.78 is 0. The molecule has 0 aliphatic rings. The number of allylic oxidation sites excluding steroid dienone is 2. The van der Waals surface area contributed by atoms with Crippen molar-refractivity contribution >= 4 is 23.2 Å². The van der Waals surface area contributed by atoms with Crippen LogP contribution in [0, 0.1) is 5.92 Å². The minimum atomic E-state index is 0.253. The van der Waals surface area contributed by atoms with Gasteiger partial charge in [-0.15, -0.1) is 0 Å². The first-order chi connectivity index (χ1) is 6.02. The molecule has 0 aromatic heterocycles. The van der Waals surface area contributed by atoms with Crippen molar-refractivity contribution in [2.24, 2.45) is 11.7 Å². The molecule has 5 N–H and O–H groups in total. The second-order valence-electron chi connectivity index (χ2n) is 2.90. The van der Waals surface area contributed by atoms with Crippen LogP contribution in [0.25, 0.3) is 0 Å². The quantitative estimate of drug-likeness (QED) is 0.558. The molecule has 0 aromatic carbocycles. The molecule has 0 bridgehead atoms. The van der Waals surface area contributed by atoms with Crippen LogP contribution in [0.5, 0.6) is 0 Å². The van der Waals surface area contributed by atoms with E-state index in [0.29, 0.717) is 11.1 Å². The fourth-order valence-electron chi connectivity index (χ4n) is 1.29. The molecule has 0 saturated heterocycles. The number of quaternary nitrogens is 1. The van der Waals surface area contributed by atoms with Gasteiger partial charge in [-0.1, -0.05) is 25.4 Å². The van der Waals surface area contributed by atoms with Gasteiger partial charge in [0.2, 0.25) is 0 Å². The Kier molecular flexibility index (Phi) is 6.21. The topological polar surface area (TPSA) is 53.7 Å². The lowest BCUT2D eigenvalue weighted by molar-refractivity contribution is -0.288. The third-order valence-corrected chi connectivity index (χ3v) is 2.36. The van der Waals surface area contributed by atoms with Crippen LogP contribution in [0.4, 0.5) is 0 Å². The standard InChI is InChI=1S/C9H16Cl2N2/c1-3-6(4-2)7(9(11)13)5-8(10)12/h5-6H,3-4,12-13H2,1-2H3/p+1. The first-order valence-electron chi connectivity index (χ1n) is 4.37. The number of nitrogens with two attached hydrogens (primary N) is 1. The number of rotatable bonds is 4. The highest BCUT2D eigenvalue weighted by molar-refractivity contribution is 6.30. The zero-order valence-electron chi connectivity index (χ0n) is 8.11. The molecule has 13 heavy (non-hydrogen) atoms. The third kappa shape index (κ3) is 4.55. The Morgan fingerprint density at radius 3 is 2.08 bits per heavy atom. The second kappa shape index (κ2) is 6.30. The van der Waals surface area contributed by atoms with E-state index in [9.17, 15) is 0 Å². The molecule has 0 unspecified atom stereocenters. The van der Waals surface area contributed by atoms with Gasteiger partial charge in [-0.05, 0) is 36.4 Å². The molecule has 0 spiro atoms. The van der Waals surface area contributed by atoms with Gasteiger partial charge >= 0.3 is 0 Å². The number of halogens is 2. The molecule has 0 amide bonds. The van der Waals surface area contributed by atoms with Crippen molar-refractivity contribution < 1.29 is 5.73 Å². The van der Waals surface area contributed by atoms with Crippen LogP contribution in [0.1, 0.15) is 26.7 Å². The summed E-state index contributed by atoms with van der Waals surface area (Å²) in [6, 6.07) is 0. The third-order valence-electron chi connectivity index (χ3n) is 2.03. The summed E-state index contributed by atoms with van der Waals surface area (Å²) in [7, 11) is 0. The van der Waals surface area contributed by atoms with E-state index in [2.05, 4.69) is 19.6 Å². The summed E-state index contributed by atoms with van der Waals surface area (Å²) in [5, 5.41) is 0.779. The van der Waals surface area contributed by atoms with Crippen molar-refractivity contribution in [3.05, 3.63) is 22.0 Å². The second-order valence-corrected chi connectivity index (χ2v) is 3.80. The van der Waals surface area contributed by atoms with E-state index in [4.69, 9.17) is 28.9 Å². The first-order valence-corrected chi connectivity index (χ1v) is 5.12. The van der Waals surface area contributed by atoms with Gasteiger partial charge in [0.25, 0.3) is 0 Å². The van der Waals surface area contributed by atoms with Gasteiger partial charge in [-0.2, -0.15) is 0 Å². The van der Waals surface area contributed by atoms with E-state index >= 15 is 0 Å². The van der Waals surface area contributed by atoms with E-state index in [1.807, 2.05) is 0 Å². The Morgan fingerprint density at radius 1 is 1.38 bits per heavy atom. The summed E-state index contributed by atoms with van der Waals surface area (Å²) in [5.74, 6) is 0.391. The molecule has 0 heterocycles. The summed E-state index contributed by atoms with van der Waals surface area (Å²) in [6.45, 7) is 4.21. The smallest absolute Gasteiger partial charge is 0.200 e. The highest BCUT2D eigenvalue weighted by Crippen LogP contribution is 2.23. The normalized spacial score (nSPS) is 14.8. The maximum atomic E-state index is 5.85. The van der Waals surface area contributed by atoms with Gasteiger partial charge < -0.3 is 11.5 Å². The molecule has 2 nitrogen and oxygen atoms in total. The van der Waals surface area contributed by atoms with Crippen LogP contribution in [0.15, 0.2) is 22.0 Å². The van der Waals surface area contributed by atoms with Crippen molar-refractivity contribution in [2.45, 2.75) is 26.7 Å². The SMILES string of the molecule is CCC(CC)C(C=C(N)Cl)=C([NH3+])Cl. The summed E-state index contributed by atoms with van der Waals surface area (Å²) in [4.78, 5) is 0. The van der Waals surface area contributed by atoms with E-state index < -0.39 is 0 Å². The van der Waals surface area contributed by atoms with Gasteiger partial charge in [0.05, 0.1) is 5.16 Å². The number of hydrogen-bond donors (Lipinski definition) is 2. The minimum Gasteiger partial charge on any atom is -0.389 e. The van der Waals surface area contributed by atoms with Crippen molar-refractivity contribution in [2.75, 3.05) is 0 Å². The summed E-state index contributed by atoms with van der Waals surface area (Å²) in [5.41, 5.74) is 10.0. The monoisotopic (exact) mass is 223 g/mol. The average molecular weight is 224 g/mol. The largest absolute Gasteiger partial charge is 0.389 e. The molecule has 76 valence electrons. The molecule has 0 fully saturated rings. The Balaban J connectivity index is 4.83. The lowest BCUT2D eigenvalue weighted by atomic mass is 9.94. The predicted octanol–water partition coefficient (Wildman–Crippen LogP) is 2.15. The molecule has 0 rings (SSSR count). The minimum absolute atomic E-state index is 0.253. The summed E-state index contributed by atoms with van der Waals surface area (Å²) >= 11 is 11.4. The van der Waals surface area contributed by atoms with Gasteiger partial charge in [0, 0.05) is 5.57 Å². The fraction of sp³-hybridized carbons (Fsp3) is 0.556. The molecule has 0 atom stereocenters. The van der Waals surface area contributed by atoms with Crippen LogP contribution in [-0.4, -0.2) is 0 Å². The molecule has 0 aromatic rings. The maximum absolute atomic E-state index is 5.85. The van der Waals surface area contributed by atoms with Crippen molar-refractivity contribution in [1.29, 1.82) is 0 Å². The molecule has 0 aliphatic carbocycles. The highest BCUT2D eigenvalue weighted by atomic mass is 35.5. The maximum Gasteiger partial charge on any atom is 0.200 e. The molecule has 4 heteroatoms. The van der Waals surface area contributed by atoms with Crippen LogP contribution >= 0.6 is 23.2 Å². The van der Waals surface area contributed by atoms with Gasteiger partial charge in [0.1, 0.15) is 0 Å². The molecular weight excluding hydrogens is 207 g/mol. The van der Waals surface area contributed by atoms with Gasteiger partial charge in [-0.25, -0.2) is 0 Å². The van der Waals surface area contributed by atoms with Crippen LogP contribution in [-0.2, 0) is 0 Å². The Morgan fingerprint density at radius 2 is 1.85 bits per heavy atom. The number of hydrogen-bond acceptors (Lipinski definition) is 1. The van der Waals surface area contributed by atoms with Crippen LogP contribution < -0.4 is 11.5 Å². The van der Waals surface area contributed by atoms with E-state index in [0.717, 1.165) is 18.4 Å². The zero-order chi connectivity index (χ0) is 10.4. The molecule has 0 saturated carbocycles.